The Morgan fingerprint density at radius 2 is 1.86 bits per heavy atom. The van der Waals surface area contributed by atoms with Crippen molar-refractivity contribution in [2.45, 2.75) is 33.1 Å². The van der Waals surface area contributed by atoms with Crippen LogP contribution in [0.5, 0.6) is 17.4 Å². The van der Waals surface area contributed by atoms with Crippen molar-refractivity contribution in [3.05, 3.63) is 65.4 Å². The Morgan fingerprint density at radius 1 is 1.07 bits per heavy atom. The van der Waals surface area contributed by atoms with Gasteiger partial charge in [0.1, 0.15) is 0 Å². The van der Waals surface area contributed by atoms with E-state index in [1.54, 1.807) is 22.9 Å². The van der Waals surface area contributed by atoms with Gasteiger partial charge in [-0.15, -0.1) is 0 Å². The van der Waals surface area contributed by atoms with Gasteiger partial charge >= 0.3 is 5.97 Å². The van der Waals surface area contributed by atoms with E-state index >= 15 is 0 Å². The Balaban J connectivity index is 1.70. The summed E-state index contributed by atoms with van der Waals surface area (Å²) in [6, 6.07) is 14.7. The zero-order valence-electron chi connectivity index (χ0n) is 16.4. The first-order valence-corrected chi connectivity index (χ1v) is 9.11. The van der Waals surface area contributed by atoms with Crippen molar-refractivity contribution in [2.24, 2.45) is 0 Å². The molecule has 1 aliphatic heterocycles. The van der Waals surface area contributed by atoms with E-state index in [-0.39, 0.29) is 12.2 Å². The van der Waals surface area contributed by atoms with Crippen LogP contribution in [0.3, 0.4) is 0 Å². The first-order valence-electron chi connectivity index (χ1n) is 9.11. The summed E-state index contributed by atoms with van der Waals surface area (Å²) in [5, 5.41) is 4.69. The monoisotopic (exact) mass is 378 g/mol. The van der Waals surface area contributed by atoms with Crippen molar-refractivity contribution in [1.29, 1.82) is 0 Å². The summed E-state index contributed by atoms with van der Waals surface area (Å²) in [5.74, 6) is 1.05. The van der Waals surface area contributed by atoms with E-state index in [0.29, 0.717) is 22.9 Å². The number of hydrogen-bond donors (Lipinski definition) is 0. The van der Waals surface area contributed by atoms with Gasteiger partial charge in [-0.25, -0.2) is 9.48 Å². The number of esters is 1. The largest absolute Gasteiger partial charge is 0.454 e. The van der Waals surface area contributed by atoms with Gasteiger partial charge in [0, 0.05) is 11.5 Å². The minimum Gasteiger partial charge on any atom is -0.454 e. The molecule has 3 aromatic rings. The van der Waals surface area contributed by atoms with E-state index in [1.807, 2.05) is 37.3 Å². The van der Waals surface area contributed by atoms with Gasteiger partial charge in [0.15, 0.2) is 11.5 Å². The van der Waals surface area contributed by atoms with Gasteiger partial charge in [-0.3, -0.25) is 0 Å². The van der Waals surface area contributed by atoms with E-state index in [0.717, 1.165) is 16.9 Å². The molecule has 0 radical (unpaired) electrons. The lowest BCUT2D eigenvalue weighted by Gasteiger charge is -2.14. The molecular weight excluding hydrogens is 356 g/mol. The Labute approximate surface area is 163 Å². The van der Waals surface area contributed by atoms with Crippen molar-refractivity contribution in [1.82, 2.24) is 9.78 Å². The molecule has 144 valence electrons. The molecule has 0 N–H and O–H groups in total. The van der Waals surface area contributed by atoms with Gasteiger partial charge in [-0.2, -0.15) is 5.10 Å². The van der Waals surface area contributed by atoms with Crippen molar-refractivity contribution < 1.29 is 19.0 Å². The standard InChI is InChI=1S/C22H22N2O4/c1-14-6-5-7-16(10-14)24-20(12-19(23-24)22(2,3)4)28-21(25)15-8-9-17-18(11-15)27-13-26-17/h5-12H,13H2,1-4H3. The lowest BCUT2D eigenvalue weighted by molar-refractivity contribution is 0.0722. The van der Waals surface area contributed by atoms with Crippen molar-refractivity contribution in [3.8, 4) is 23.1 Å². The van der Waals surface area contributed by atoms with Crippen LogP contribution < -0.4 is 14.2 Å². The van der Waals surface area contributed by atoms with Crippen LogP contribution in [0.4, 0.5) is 0 Å². The summed E-state index contributed by atoms with van der Waals surface area (Å²) in [6.07, 6.45) is 0. The van der Waals surface area contributed by atoms with E-state index < -0.39 is 5.97 Å². The lowest BCUT2D eigenvalue weighted by atomic mass is 9.93. The Kier molecular flexibility index (Phi) is 4.34. The molecule has 2 aromatic carbocycles. The van der Waals surface area contributed by atoms with Gasteiger partial charge in [0.25, 0.3) is 0 Å². The van der Waals surface area contributed by atoms with Gasteiger partial charge in [0.2, 0.25) is 12.7 Å². The summed E-state index contributed by atoms with van der Waals surface area (Å²) in [5.41, 5.74) is 2.97. The van der Waals surface area contributed by atoms with Crippen LogP contribution in [-0.2, 0) is 5.41 Å². The maximum atomic E-state index is 12.8. The second-order valence-corrected chi connectivity index (χ2v) is 7.83. The van der Waals surface area contributed by atoms with Gasteiger partial charge in [-0.1, -0.05) is 32.9 Å². The van der Waals surface area contributed by atoms with Crippen LogP contribution in [0.15, 0.2) is 48.5 Å². The first kappa shape index (κ1) is 18.1. The van der Waals surface area contributed by atoms with Crippen LogP contribution in [-0.4, -0.2) is 22.5 Å². The molecule has 6 nitrogen and oxygen atoms in total. The molecule has 4 rings (SSSR count). The van der Waals surface area contributed by atoms with Crippen molar-refractivity contribution in [3.63, 3.8) is 0 Å². The second-order valence-electron chi connectivity index (χ2n) is 7.83. The predicted octanol–water partition coefficient (Wildman–Crippen LogP) is 4.43. The van der Waals surface area contributed by atoms with E-state index in [1.165, 1.54) is 0 Å². The quantitative estimate of drug-likeness (QED) is 0.631. The highest BCUT2D eigenvalue weighted by molar-refractivity contribution is 5.91. The SMILES string of the molecule is Cc1cccc(-n2nc(C(C)(C)C)cc2OC(=O)c2ccc3c(c2)OCO3)c1. The maximum absolute atomic E-state index is 12.8. The molecule has 2 heterocycles. The molecule has 1 aliphatic rings. The maximum Gasteiger partial charge on any atom is 0.344 e. The normalized spacial score (nSPS) is 12.9. The molecule has 0 atom stereocenters. The molecule has 0 saturated carbocycles. The van der Waals surface area contributed by atoms with Crippen LogP contribution in [0.2, 0.25) is 0 Å². The molecule has 6 heteroatoms. The number of ether oxygens (including phenoxy) is 3. The summed E-state index contributed by atoms with van der Waals surface area (Å²) in [4.78, 5) is 12.8. The molecule has 0 unspecified atom stereocenters. The predicted molar refractivity (Wildman–Crippen MR) is 105 cm³/mol. The van der Waals surface area contributed by atoms with Crippen LogP contribution >= 0.6 is 0 Å². The number of rotatable bonds is 3. The number of fused-ring (bicyclic) bond motifs is 1. The third kappa shape index (κ3) is 3.45. The fourth-order valence-corrected chi connectivity index (χ4v) is 2.93. The minimum absolute atomic E-state index is 0.156. The van der Waals surface area contributed by atoms with E-state index in [9.17, 15) is 4.79 Å². The summed E-state index contributed by atoms with van der Waals surface area (Å²) < 4.78 is 18.0. The summed E-state index contributed by atoms with van der Waals surface area (Å²) in [7, 11) is 0. The summed E-state index contributed by atoms with van der Waals surface area (Å²) in [6.45, 7) is 8.37. The number of hydrogen-bond acceptors (Lipinski definition) is 5. The molecule has 1 aromatic heterocycles. The van der Waals surface area contributed by atoms with Gasteiger partial charge in [0.05, 0.1) is 16.9 Å². The lowest BCUT2D eigenvalue weighted by Crippen LogP contribution is -2.13. The number of carbonyl (C=O) groups is 1. The Hall–Kier alpha value is -3.28. The van der Waals surface area contributed by atoms with E-state index in [4.69, 9.17) is 19.3 Å². The fourth-order valence-electron chi connectivity index (χ4n) is 2.93. The van der Waals surface area contributed by atoms with Crippen LogP contribution in [0.25, 0.3) is 5.69 Å². The molecule has 28 heavy (non-hydrogen) atoms. The Bertz CT molecular complexity index is 1050. The van der Waals surface area contributed by atoms with E-state index in [2.05, 4.69) is 20.8 Å². The molecule has 0 fully saturated rings. The Morgan fingerprint density at radius 3 is 2.61 bits per heavy atom. The zero-order valence-corrected chi connectivity index (χ0v) is 16.4. The number of benzene rings is 2. The first-order chi connectivity index (χ1) is 13.3. The highest BCUT2D eigenvalue weighted by Gasteiger charge is 2.24. The van der Waals surface area contributed by atoms with Crippen LogP contribution in [0.1, 0.15) is 42.4 Å². The topological polar surface area (TPSA) is 62.6 Å². The third-order valence-electron chi connectivity index (χ3n) is 4.50. The second kappa shape index (κ2) is 6.71. The minimum atomic E-state index is -0.479. The van der Waals surface area contributed by atoms with Crippen molar-refractivity contribution in [2.75, 3.05) is 6.79 Å². The molecule has 0 amide bonds. The average molecular weight is 378 g/mol. The summed E-state index contributed by atoms with van der Waals surface area (Å²) >= 11 is 0. The smallest absolute Gasteiger partial charge is 0.344 e. The third-order valence-corrected chi connectivity index (χ3v) is 4.50. The zero-order chi connectivity index (χ0) is 19.9. The highest BCUT2D eigenvalue weighted by atomic mass is 16.7. The number of nitrogens with zero attached hydrogens (tertiary/aromatic N) is 2. The number of carbonyl (C=O) groups excluding carboxylic acids is 1. The van der Waals surface area contributed by atoms with Crippen LogP contribution in [0, 0.1) is 6.92 Å². The van der Waals surface area contributed by atoms with Gasteiger partial charge < -0.3 is 14.2 Å². The fraction of sp³-hybridized carbons (Fsp3) is 0.273. The average Bonchev–Trinajstić information content (AvgIpc) is 3.27. The molecule has 0 spiro atoms. The highest BCUT2D eigenvalue weighted by Crippen LogP contribution is 2.33. The molecule has 0 aliphatic carbocycles. The van der Waals surface area contributed by atoms with Gasteiger partial charge in [-0.05, 0) is 42.8 Å². The van der Waals surface area contributed by atoms with Crippen molar-refractivity contribution >= 4 is 5.97 Å². The number of aryl methyl sites for hydroxylation is 1. The molecular formula is C22H22N2O4. The number of aromatic nitrogens is 2. The molecule has 0 saturated heterocycles. The molecule has 0 bridgehead atoms.